The van der Waals surface area contributed by atoms with Gasteiger partial charge in [0.2, 0.25) is 0 Å². The summed E-state index contributed by atoms with van der Waals surface area (Å²) >= 11 is 0. The maximum atomic E-state index is 10.6. The van der Waals surface area contributed by atoms with Crippen LogP contribution in [0.4, 0.5) is 0 Å². The van der Waals surface area contributed by atoms with Crippen molar-refractivity contribution in [3.05, 3.63) is 11.8 Å². The number of allylic oxidation sites excluding steroid dienone is 1. The molecule has 0 aromatic carbocycles. The van der Waals surface area contributed by atoms with E-state index >= 15 is 0 Å². The predicted octanol–water partition coefficient (Wildman–Crippen LogP) is 1.04. The quantitative estimate of drug-likeness (QED) is 0.516. The van der Waals surface area contributed by atoms with Gasteiger partial charge >= 0.3 is 0 Å². The van der Waals surface area contributed by atoms with Gasteiger partial charge < -0.3 is 4.90 Å². The van der Waals surface area contributed by atoms with Crippen LogP contribution in [0, 0.1) is 0 Å². The molecule has 0 rings (SSSR count). The third kappa shape index (κ3) is 3.76. The smallest absolute Gasteiger partial charge is 0.156 e. The second kappa shape index (κ2) is 3.28. The number of hydrogen-bond donors (Lipinski definition) is 0. The van der Waals surface area contributed by atoms with Crippen LogP contribution in [0.3, 0.4) is 0 Å². The Kier molecular flexibility index (Phi) is 2.99. The molecule has 0 saturated carbocycles. The van der Waals surface area contributed by atoms with Gasteiger partial charge in [-0.1, -0.05) is 0 Å². The lowest BCUT2D eigenvalue weighted by molar-refractivity contribution is -0.113. The fraction of sp³-hybridized carbons (Fsp3) is 0.571. The Morgan fingerprint density at radius 2 is 1.78 bits per heavy atom. The summed E-state index contributed by atoms with van der Waals surface area (Å²) in [6, 6.07) is 0. The zero-order chi connectivity index (χ0) is 7.44. The fourth-order valence-corrected chi connectivity index (χ4v) is 0.478. The van der Waals surface area contributed by atoms with Gasteiger partial charge in [-0.15, -0.1) is 0 Å². The van der Waals surface area contributed by atoms with Crippen molar-refractivity contribution in [1.29, 1.82) is 0 Å². The van der Waals surface area contributed by atoms with Crippen molar-refractivity contribution in [2.45, 2.75) is 13.8 Å². The van der Waals surface area contributed by atoms with Gasteiger partial charge in [0.15, 0.2) is 5.78 Å². The molecule has 0 N–H and O–H groups in total. The lowest BCUT2D eigenvalue weighted by Crippen LogP contribution is -2.04. The highest BCUT2D eigenvalue weighted by atomic mass is 16.1. The minimum atomic E-state index is 0.128. The Hall–Kier alpha value is -0.790. The maximum absolute atomic E-state index is 10.6. The van der Waals surface area contributed by atoms with Gasteiger partial charge in [0.25, 0.3) is 0 Å². The summed E-state index contributed by atoms with van der Waals surface area (Å²) in [6.45, 7) is 3.37. The van der Waals surface area contributed by atoms with Gasteiger partial charge in [0.05, 0.1) is 0 Å². The van der Waals surface area contributed by atoms with E-state index in [1.54, 1.807) is 6.92 Å². The van der Waals surface area contributed by atoms with E-state index in [0.717, 1.165) is 5.57 Å². The number of rotatable bonds is 2. The van der Waals surface area contributed by atoms with Crippen LogP contribution < -0.4 is 0 Å². The summed E-state index contributed by atoms with van der Waals surface area (Å²) in [6.07, 6.45) is 1.81. The van der Waals surface area contributed by atoms with Gasteiger partial charge in [0.1, 0.15) is 0 Å². The van der Waals surface area contributed by atoms with Crippen LogP contribution >= 0.6 is 0 Å². The highest BCUT2D eigenvalue weighted by Crippen LogP contribution is 1.93. The largest absolute Gasteiger partial charge is 0.383 e. The molecule has 0 bridgehead atoms. The third-order valence-corrected chi connectivity index (χ3v) is 1.01. The van der Waals surface area contributed by atoms with E-state index < -0.39 is 0 Å². The minimum Gasteiger partial charge on any atom is -0.383 e. The molecule has 0 amide bonds. The number of hydrogen-bond acceptors (Lipinski definition) is 2. The molecule has 0 atom stereocenters. The molecule has 0 aromatic heterocycles. The van der Waals surface area contributed by atoms with E-state index in [2.05, 4.69) is 0 Å². The van der Waals surface area contributed by atoms with Crippen molar-refractivity contribution in [2.24, 2.45) is 0 Å². The Bertz CT molecular complexity index is 136. The summed E-state index contributed by atoms with van der Waals surface area (Å²) in [7, 11) is 3.79. The van der Waals surface area contributed by atoms with E-state index in [9.17, 15) is 4.79 Å². The molecule has 2 nitrogen and oxygen atoms in total. The highest BCUT2D eigenvalue weighted by Gasteiger charge is 1.93. The lowest BCUT2D eigenvalue weighted by atomic mass is 10.2. The SMILES string of the molecule is CC(=O)/C(C)=C\N(C)C. The molecule has 0 aliphatic carbocycles. The van der Waals surface area contributed by atoms with Crippen molar-refractivity contribution in [3.63, 3.8) is 0 Å². The molecule has 0 aromatic rings. The topological polar surface area (TPSA) is 20.3 Å². The average molecular weight is 127 g/mol. The Balaban J connectivity index is 4.00. The molecule has 0 heterocycles. The van der Waals surface area contributed by atoms with Gasteiger partial charge in [-0.3, -0.25) is 4.79 Å². The minimum absolute atomic E-state index is 0.128. The first kappa shape index (κ1) is 8.21. The fourth-order valence-electron chi connectivity index (χ4n) is 0.478. The standard InChI is InChI=1S/C7H13NO/c1-6(7(2)9)5-8(3)4/h5H,1-4H3/b6-5-. The molecule has 0 spiro atoms. The van der Waals surface area contributed by atoms with Crippen LogP contribution in [-0.4, -0.2) is 24.8 Å². The van der Waals surface area contributed by atoms with Gasteiger partial charge in [-0.05, 0) is 13.8 Å². The summed E-state index contributed by atoms with van der Waals surface area (Å²) < 4.78 is 0. The summed E-state index contributed by atoms with van der Waals surface area (Å²) in [5.41, 5.74) is 0.792. The van der Waals surface area contributed by atoms with E-state index in [0.29, 0.717) is 0 Å². The molecule has 0 fully saturated rings. The van der Waals surface area contributed by atoms with E-state index in [1.165, 1.54) is 0 Å². The number of nitrogens with zero attached hydrogens (tertiary/aromatic N) is 1. The maximum Gasteiger partial charge on any atom is 0.156 e. The normalized spacial score (nSPS) is 11.3. The number of Topliss-reactive ketones (excluding diaryl/α,β-unsaturated/α-hetero) is 1. The number of carbonyl (C=O) groups is 1. The Morgan fingerprint density at radius 3 is 1.89 bits per heavy atom. The van der Waals surface area contributed by atoms with E-state index in [4.69, 9.17) is 0 Å². The zero-order valence-corrected chi connectivity index (χ0v) is 6.43. The average Bonchev–Trinajstić information content (AvgIpc) is 1.63. The molecule has 9 heavy (non-hydrogen) atoms. The molecule has 0 radical (unpaired) electrons. The molecule has 0 aliphatic rings. The van der Waals surface area contributed by atoms with Crippen LogP contribution in [0.15, 0.2) is 11.8 Å². The first-order valence-corrected chi connectivity index (χ1v) is 2.90. The van der Waals surface area contributed by atoms with Crippen molar-refractivity contribution >= 4 is 5.78 Å². The zero-order valence-electron chi connectivity index (χ0n) is 6.43. The molecular weight excluding hydrogens is 114 g/mol. The van der Waals surface area contributed by atoms with Crippen molar-refractivity contribution in [1.82, 2.24) is 4.90 Å². The number of carbonyl (C=O) groups excluding carboxylic acids is 1. The van der Waals surface area contributed by atoms with Crippen molar-refractivity contribution in [2.75, 3.05) is 14.1 Å². The first-order valence-electron chi connectivity index (χ1n) is 2.90. The van der Waals surface area contributed by atoms with Crippen LogP contribution in [0.25, 0.3) is 0 Å². The predicted molar refractivity (Wildman–Crippen MR) is 38.1 cm³/mol. The molecule has 2 heteroatoms. The number of ketones is 1. The van der Waals surface area contributed by atoms with Crippen molar-refractivity contribution in [3.8, 4) is 0 Å². The van der Waals surface area contributed by atoms with Crippen LogP contribution in [0.1, 0.15) is 13.8 Å². The van der Waals surface area contributed by atoms with Crippen LogP contribution in [0.5, 0.6) is 0 Å². The van der Waals surface area contributed by atoms with Gasteiger partial charge in [-0.25, -0.2) is 0 Å². The second-order valence-corrected chi connectivity index (χ2v) is 2.33. The first-order chi connectivity index (χ1) is 4.04. The van der Waals surface area contributed by atoms with Crippen molar-refractivity contribution < 1.29 is 4.79 Å². The van der Waals surface area contributed by atoms with Crippen LogP contribution in [-0.2, 0) is 4.79 Å². The highest BCUT2D eigenvalue weighted by molar-refractivity contribution is 5.92. The van der Waals surface area contributed by atoms with E-state index in [-0.39, 0.29) is 5.78 Å². The lowest BCUT2D eigenvalue weighted by Gasteiger charge is -2.04. The molecule has 0 aliphatic heterocycles. The molecular formula is C7H13NO. The van der Waals surface area contributed by atoms with Gasteiger partial charge in [-0.2, -0.15) is 0 Å². The summed E-state index contributed by atoms with van der Waals surface area (Å²) in [5, 5.41) is 0. The molecule has 52 valence electrons. The Morgan fingerprint density at radius 1 is 1.33 bits per heavy atom. The second-order valence-electron chi connectivity index (χ2n) is 2.33. The molecule has 0 unspecified atom stereocenters. The molecule has 0 saturated heterocycles. The summed E-state index contributed by atoms with van der Waals surface area (Å²) in [4.78, 5) is 12.4. The van der Waals surface area contributed by atoms with Gasteiger partial charge in [0, 0.05) is 25.9 Å². The van der Waals surface area contributed by atoms with Crippen LogP contribution in [0.2, 0.25) is 0 Å². The monoisotopic (exact) mass is 127 g/mol. The third-order valence-electron chi connectivity index (χ3n) is 1.01. The van der Waals surface area contributed by atoms with E-state index in [1.807, 2.05) is 32.1 Å². The summed E-state index contributed by atoms with van der Waals surface area (Å²) in [5.74, 6) is 0.128. The Labute approximate surface area is 56.2 Å².